The van der Waals surface area contributed by atoms with Crippen LogP contribution in [0.2, 0.25) is 0 Å². The van der Waals surface area contributed by atoms with E-state index in [2.05, 4.69) is 10.4 Å². The minimum Gasteiger partial charge on any atom is -0.372 e. The van der Waals surface area contributed by atoms with Crippen LogP contribution in [0.15, 0.2) is 54.7 Å². The zero-order chi connectivity index (χ0) is 19.0. The second-order valence-corrected chi connectivity index (χ2v) is 6.12. The smallest absolute Gasteiger partial charge is 0.372 e. The van der Waals surface area contributed by atoms with Crippen molar-refractivity contribution >= 4 is 11.6 Å². The summed E-state index contributed by atoms with van der Waals surface area (Å²) < 4.78 is 45.1. The van der Waals surface area contributed by atoms with E-state index in [0.29, 0.717) is 18.9 Å². The summed E-state index contributed by atoms with van der Waals surface area (Å²) in [5.41, 5.74) is 2.26. The van der Waals surface area contributed by atoms with Gasteiger partial charge in [-0.2, -0.15) is 18.3 Å². The van der Waals surface area contributed by atoms with Crippen molar-refractivity contribution in [1.82, 2.24) is 9.78 Å². The third-order valence-corrected chi connectivity index (χ3v) is 4.24. The molecule has 1 amide bonds. The van der Waals surface area contributed by atoms with Crippen LogP contribution >= 0.6 is 0 Å². The first-order valence-electron chi connectivity index (χ1n) is 8.14. The summed E-state index contributed by atoms with van der Waals surface area (Å²) in [4.78, 5) is 12.4. The topological polar surface area (TPSA) is 56.1 Å². The number of halogens is 3. The lowest BCUT2D eigenvalue weighted by atomic mass is 10.1. The van der Waals surface area contributed by atoms with Gasteiger partial charge in [0.1, 0.15) is 0 Å². The Morgan fingerprint density at radius 3 is 2.70 bits per heavy atom. The largest absolute Gasteiger partial charge is 0.416 e. The summed E-state index contributed by atoms with van der Waals surface area (Å²) >= 11 is 0. The Bertz CT molecular complexity index is 1010. The number of nitrogens with zero attached hydrogens (tertiary/aromatic N) is 2. The van der Waals surface area contributed by atoms with Crippen molar-refractivity contribution in [2.75, 3.05) is 5.32 Å². The van der Waals surface area contributed by atoms with Gasteiger partial charge in [0, 0.05) is 11.9 Å². The third kappa shape index (κ3) is 3.56. The highest BCUT2D eigenvalue weighted by atomic mass is 19.4. The van der Waals surface area contributed by atoms with Gasteiger partial charge >= 0.3 is 6.18 Å². The van der Waals surface area contributed by atoms with Crippen LogP contribution in [0.4, 0.5) is 18.9 Å². The van der Waals surface area contributed by atoms with E-state index in [9.17, 15) is 18.0 Å². The summed E-state index contributed by atoms with van der Waals surface area (Å²) in [6.07, 6.45) is -3.00. The number of benzene rings is 2. The van der Waals surface area contributed by atoms with Gasteiger partial charge in [-0.15, -0.1) is 0 Å². The molecule has 5 nitrogen and oxygen atoms in total. The van der Waals surface area contributed by atoms with Crippen LogP contribution in [-0.2, 0) is 24.1 Å². The van der Waals surface area contributed by atoms with Crippen molar-refractivity contribution in [1.29, 1.82) is 0 Å². The highest BCUT2D eigenvalue weighted by Gasteiger charge is 2.30. The number of ether oxygens (including phenoxy) is 1. The lowest BCUT2D eigenvalue weighted by molar-refractivity contribution is -0.137. The van der Waals surface area contributed by atoms with Crippen molar-refractivity contribution in [3.8, 4) is 5.69 Å². The second kappa shape index (κ2) is 6.55. The minimum atomic E-state index is -4.44. The monoisotopic (exact) mass is 373 g/mol. The Morgan fingerprint density at radius 2 is 1.89 bits per heavy atom. The molecule has 0 spiro atoms. The van der Waals surface area contributed by atoms with E-state index in [-0.39, 0.29) is 11.4 Å². The lowest BCUT2D eigenvalue weighted by Gasteiger charge is -2.08. The van der Waals surface area contributed by atoms with Crippen molar-refractivity contribution in [3.63, 3.8) is 0 Å². The molecule has 2 heterocycles. The molecule has 0 radical (unpaired) electrons. The molecule has 1 aliphatic rings. The Morgan fingerprint density at radius 1 is 1.07 bits per heavy atom. The van der Waals surface area contributed by atoms with E-state index in [1.807, 2.05) is 12.1 Å². The molecule has 0 saturated carbocycles. The fraction of sp³-hybridized carbons (Fsp3) is 0.158. The standard InChI is InChI=1S/C19H14F3N3O2/c20-19(21,22)14-2-1-3-16(9-14)25-7-6-17(24-25)18(26)23-15-5-4-12-10-27-11-13(12)8-15/h1-9H,10-11H2,(H,23,26). The van der Waals surface area contributed by atoms with Crippen LogP contribution in [0, 0.1) is 0 Å². The number of fused-ring (bicyclic) bond motifs is 1. The molecule has 138 valence electrons. The number of hydrogen-bond acceptors (Lipinski definition) is 3. The van der Waals surface area contributed by atoms with Crippen LogP contribution in [0.3, 0.4) is 0 Å². The van der Waals surface area contributed by atoms with Crippen molar-refractivity contribution < 1.29 is 22.7 Å². The summed E-state index contributed by atoms with van der Waals surface area (Å²) in [6.45, 7) is 1.06. The van der Waals surface area contributed by atoms with Crippen LogP contribution in [0.1, 0.15) is 27.2 Å². The number of anilines is 1. The van der Waals surface area contributed by atoms with Crippen LogP contribution in [0.25, 0.3) is 5.69 Å². The average molecular weight is 373 g/mol. The first kappa shape index (κ1) is 17.3. The number of hydrogen-bond donors (Lipinski definition) is 1. The fourth-order valence-corrected chi connectivity index (χ4v) is 2.86. The summed E-state index contributed by atoms with van der Waals surface area (Å²) in [6, 6.07) is 11.7. The molecule has 0 saturated heterocycles. The molecule has 0 bridgehead atoms. The second-order valence-electron chi connectivity index (χ2n) is 6.12. The van der Waals surface area contributed by atoms with Crippen molar-refractivity contribution in [2.24, 2.45) is 0 Å². The van der Waals surface area contributed by atoms with Gasteiger partial charge in [-0.1, -0.05) is 12.1 Å². The third-order valence-electron chi connectivity index (χ3n) is 4.24. The number of carbonyl (C=O) groups is 1. The van der Waals surface area contributed by atoms with Crippen LogP contribution in [-0.4, -0.2) is 15.7 Å². The van der Waals surface area contributed by atoms with E-state index < -0.39 is 17.6 Å². The van der Waals surface area contributed by atoms with E-state index >= 15 is 0 Å². The van der Waals surface area contributed by atoms with Crippen molar-refractivity contribution in [2.45, 2.75) is 19.4 Å². The highest BCUT2D eigenvalue weighted by Crippen LogP contribution is 2.30. The van der Waals surface area contributed by atoms with E-state index in [1.54, 1.807) is 6.07 Å². The number of nitrogens with one attached hydrogen (secondary N) is 1. The van der Waals surface area contributed by atoms with Crippen LogP contribution in [0.5, 0.6) is 0 Å². The Labute approximate surface area is 152 Å². The average Bonchev–Trinajstić information content (AvgIpc) is 3.30. The highest BCUT2D eigenvalue weighted by molar-refractivity contribution is 6.02. The Balaban J connectivity index is 1.53. The normalized spacial score (nSPS) is 13.4. The van der Waals surface area contributed by atoms with Gasteiger partial charge in [0.05, 0.1) is 24.5 Å². The molecule has 1 aliphatic heterocycles. The molecule has 4 rings (SSSR count). The molecule has 3 aromatic rings. The maximum Gasteiger partial charge on any atom is 0.416 e. The summed E-state index contributed by atoms with van der Waals surface area (Å²) in [7, 11) is 0. The van der Waals surface area contributed by atoms with Gasteiger partial charge in [-0.05, 0) is 47.5 Å². The molecule has 1 aromatic heterocycles. The molecule has 0 unspecified atom stereocenters. The van der Waals surface area contributed by atoms with Crippen LogP contribution < -0.4 is 5.32 Å². The van der Waals surface area contributed by atoms with E-state index in [1.165, 1.54) is 29.1 Å². The fourth-order valence-electron chi connectivity index (χ4n) is 2.86. The molecule has 27 heavy (non-hydrogen) atoms. The minimum absolute atomic E-state index is 0.101. The molecule has 1 N–H and O–H groups in total. The predicted molar refractivity (Wildman–Crippen MR) is 91.5 cm³/mol. The molecular weight excluding hydrogens is 359 g/mol. The van der Waals surface area contributed by atoms with Gasteiger partial charge in [0.25, 0.3) is 5.91 Å². The summed E-state index contributed by atoms with van der Waals surface area (Å²) in [5, 5.41) is 6.82. The first-order valence-corrected chi connectivity index (χ1v) is 8.14. The zero-order valence-corrected chi connectivity index (χ0v) is 14.0. The maximum absolute atomic E-state index is 12.9. The van der Waals surface area contributed by atoms with Gasteiger partial charge < -0.3 is 10.1 Å². The van der Waals surface area contributed by atoms with Crippen molar-refractivity contribution in [3.05, 3.63) is 77.1 Å². The Hall–Kier alpha value is -3.13. The number of carbonyl (C=O) groups excluding carboxylic acids is 1. The number of rotatable bonds is 3. The molecule has 0 aliphatic carbocycles. The predicted octanol–water partition coefficient (Wildman–Crippen LogP) is 4.17. The van der Waals surface area contributed by atoms with Gasteiger partial charge in [-0.25, -0.2) is 4.68 Å². The molecular formula is C19H14F3N3O2. The number of aromatic nitrogens is 2. The molecule has 2 aromatic carbocycles. The number of alkyl halides is 3. The van der Waals surface area contributed by atoms with Gasteiger partial charge in [0.15, 0.2) is 5.69 Å². The number of amides is 1. The first-order chi connectivity index (χ1) is 12.9. The van der Waals surface area contributed by atoms with E-state index in [4.69, 9.17) is 4.74 Å². The Kier molecular flexibility index (Phi) is 4.19. The van der Waals surface area contributed by atoms with Gasteiger partial charge in [-0.3, -0.25) is 4.79 Å². The maximum atomic E-state index is 12.9. The molecule has 8 heteroatoms. The zero-order valence-electron chi connectivity index (χ0n) is 14.0. The molecule has 0 fully saturated rings. The van der Waals surface area contributed by atoms with Gasteiger partial charge in [0.2, 0.25) is 0 Å². The van der Waals surface area contributed by atoms with E-state index in [0.717, 1.165) is 23.3 Å². The summed E-state index contributed by atoms with van der Waals surface area (Å²) in [5.74, 6) is -0.445. The SMILES string of the molecule is O=C(Nc1ccc2c(c1)COC2)c1ccn(-c2cccc(C(F)(F)F)c2)n1. The quantitative estimate of drug-likeness (QED) is 0.750. The lowest BCUT2D eigenvalue weighted by Crippen LogP contribution is -2.13. The molecule has 0 atom stereocenters.